The maximum atomic E-state index is 12.9. The van der Waals surface area contributed by atoms with E-state index in [-0.39, 0.29) is 21.8 Å². The molecule has 1 aliphatic rings. The highest BCUT2D eigenvalue weighted by Crippen LogP contribution is 2.31. The molecule has 2 rings (SSSR count). The molecule has 1 heterocycles. The van der Waals surface area contributed by atoms with E-state index >= 15 is 0 Å². The average Bonchev–Trinajstić information content (AvgIpc) is 2.41. The number of nitrogens with zero attached hydrogens (tertiary/aromatic N) is 1. The summed E-state index contributed by atoms with van der Waals surface area (Å²) < 4.78 is 27.2. The van der Waals surface area contributed by atoms with Crippen LogP contribution in [0.2, 0.25) is 0 Å². The zero-order valence-corrected chi connectivity index (χ0v) is 13.9. The van der Waals surface area contributed by atoms with Crippen LogP contribution in [0.25, 0.3) is 0 Å². The largest absolute Gasteiger partial charge is 0.478 e. The number of carbonyl (C=O) groups is 1. The molecule has 5 nitrogen and oxygen atoms in total. The molecule has 0 spiro atoms. The first-order chi connectivity index (χ1) is 9.76. The predicted molar refractivity (Wildman–Crippen MR) is 83.4 cm³/mol. The minimum Gasteiger partial charge on any atom is -0.478 e. The van der Waals surface area contributed by atoms with Gasteiger partial charge in [0.2, 0.25) is 10.0 Å². The van der Waals surface area contributed by atoms with Crippen LogP contribution in [0.5, 0.6) is 0 Å². The van der Waals surface area contributed by atoms with Crippen molar-refractivity contribution < 1.29 is 18.3 Å². The van der Waals surface area contributed by atoms with E-state index in [1.165, 1.54) is 22.5 Å². The van der Waals surface area contributed by atoms with Gasteiger partial charge in [-0.15, -0.1) is 0 Å². The zero-order valence-electron chi connectivity index (χ0n) is 12.2. The Morgan fingerprint density at radius 1 is 1.38 bits per heavy atom. The minimum absolute atomic E-state index is 0.0307. The molecule has 116 valence electrons. The monoisotopic (exact) mass is 329 g/mol. The van der Waals surface area contributed by atoms with Crippen LogP contribution >= 0.6 is 11.8 Å². The maximum absolute atomic E-state index is 12.9. The van der Waals surface area contributed by atoms with Crippen molar-refractivity contribution in [3.05, 3.63) is 29.3 Å². The molecule has 1 aliphatic heterocycles. The van der Waals surface area contributed by atoms with Crippen LogP contribution < -0.4 is 0 Å². The average molecular weight is 329 g/mol. The molecule has 7 heteroatoms. The molecule has 1 saturated heterocycles. The highest BCUT2D eigenvalue weighted by molar-refractivity contribution is 8.00. The van der Waals surface area contributed by atoms with E-state index in [0.717, 1.165) is 5.75 Å². The fourth-order valence-corrected chi connectivity index (χ4v) is 5.74. The summed E-state index contributed by atoms with van der Waals surface area (Å²) in [4.78, 5) is 11.3. The number of sulfonamides is 1. The Hall–Kier alpha value is -1.05. The normalized spacial score (nSPS) is 24.0. The van der Waals surface area contributed by atoms with Crippen LogP contribution in [0.4, 0.5) is 0 Å². The topological polar surface area (TPSA) is 74.7 Å². The third kappa shape index (κ3) is 2.95. The molecule has 21 heavy (non-hydrogen) atoms. The summed E-state index contributed by atoms with van der Waals surface area (Å²) in [7, 11) is -3.67. The van der Waals surface area contributed by atoms with Crippen LogP contribution in [0.1, 0.15) is 29.8 Å². The number of hydrogen-bond donors (Lipinski definition) is 1. The Morgan fingerprint density at radius 3 is 2.67 bits per heavy atom. The van der Waals surface area contributed by atoms with Gasteiger partial charge >= 0.3 is 5.97 Å². The van der Waals surface area contributed by atoms with E-state index in [4.69, 9.17) is 5.11 Å². The van der Waals surface area contributed by atoms with E-state index in [0.29, 0.717) is 12.1 Å². The molecule has 1 fully saturated rings. The number of benzene rings is 1. The number of hydrogen-bond acceptors (Lipinski definition) is 4. The molecule has 0 aromatic heterocycles. The van der Waals surface area contributed by atoms with Gasteiger partial charge in [0.25, 0.3) is 0 Å². The Bertz CT molecular complexity index is 657. The first-order valence-corrected chi connectivity index (χ1v) is 9.22. The second-order valence-electron chi connectivity index (χ2n) is 5.17. The summed E-state index contributed by atoms with van der Waals surface area (Å²) in [6.45, 7) is 5.90. The summed E-state index contributed by atoms with van der Waals surface area (Å²) in [5.74, 6) is -0.359. The molecule has 0 amide bonds. The molecule has 1 N–H and O–H groups in total. The van der Waals surface area contributed by atoms with E-state index in [1.807, 2.05) is 13.8 Å². The molecule has 0 aliphatic carbocycles. The number of thioether (sulfide) groups is 1. The molecule has 2 unspecified atom stereocenters. The van der Waals surface area contributed by atoms with Crippen molar-refractivity contribution in [2.45, 2.75) is 37.0 Å². The number of aromatic carboxylic acids is 1. The van der Waals surface area contributed by atoms with Crippen molar-refractivity contribution in [2.24, 2.45) is 0 Å². The van der Waals surface area contributed by atoms with Crippen molar-refractivity contribution in [1.29, 1.82) is 0 Å². The van der Waals surface area contributed by atoms with Crippen molar-refractivity contribution in [2.75, 3.05) is 12.3 Å². The fraction of sp³-hybridized carbons (Fsp3) is 0.500. The van der Waals surface area contributed by atoms with Crippen LogP contribution in [-0.4, -0.2) is 47.4 Å². The van der Waals surface area contributed by atoms with Crippen molar-refractivity contribution >= 4 is 27.8 Å². The quantitative estimate of drug-likeness (QED) is 0.920. The summed E-state index contributed by atoms with van der Waals surface area (Å²) in [5.41, 5.74) is 0.325. The summed E-state index contributed by atoms with van der Waals surface area (Å²) >= 11 is 1.75. The van der Waals surface area contributed by atoms with Crippen LogP contribution in [0.3, 0.4) is 0 Å². The number of carboxylic acids is 1. The van der Waals surface area contributed by atoms with Gasteiger partial charge in [-0.3, -0.25) is 0 Å². The standard InChI is InChI=1S/C14H19NO4S2/c1-9-12(14(16)17)5-4-6-13(9)21(18,19)15-7-8-20-11(3)10(15)2/h4-6,10-11H,7-8H2,1-3H3,(H,16,17). The van der Waals surface area contributed by atoms with Crippen LogP contribution in [-0.2, 0) is 10.0 Å². The van der Waals surface area contributed by atoms with Gasteiger partial charge in [-0.2, -0.15) is 16.1 Å². The van der Waals surface area contributed by atoms with Gasteiger partial charge in [-0.1, -0.05) is 13.0 Å². The lowest BCUT2D eigenvalue weighted by molar-refractivity contribution is 0.0696. The Morgan fingerprint density at radius 2 is 2.05 bits per heavy atom. The third-order valence-electron chi connectivity index (χ3n) is 3.93. The molecule has 1 aromatic carbocycles. The van der Waals surface area contributed by atoms with Crippen molar-refractivity contribution in [3.63, 3.8) is 0 Å². The van der Waals surface area contributed by atoms with Gasteiger partial charge in [-0.05, 0) is 31.5 Å². The fourth-order valence-electron chi connectivity index (χ4n) is 2.50. The predicted octanol–water partition coefficient (Wildman–Crippen LogP) is 2.21. The number of rotatable bonds is 3. The Labute approximate surface area is 129 Å². The maximum Gasteiger partial charge on any atom is 0.335 e. The Kier molecular flexibility index (Phi) is 4.65. The molecular weight excluding hydrogens is 310 g/mol. The van der Waals surface area contributed by atoms with Crippen molar-refractivity contribution in [3.8, 4) is 0 Å². The van der Waals surface area contributed by atoms with Gasteiger partial charge < -0.3 is 5.11 Å². The lowest BCUT2D eigenvalue weighted by Gasteiger charge is -2.36. The molecule has 0 bridgehead atoms. The second kappa shape index (κ2) is 5.98. The number of carboxylic acid groups (broad SMARTS) is 1. The second-order valence-corrected chi connectivity index (χ2v) is 8.51. The van der Waals surface area contributed by atoms with Gasteiger partial charge in [0, 0.05) is 23.6 Å². The molecule has 0 saturated carbocycles. The van der Waals surface area contributed by atoms with Crippen LogP contribution in [0, 0.1) is 6.92 Å². The first kappa shape index (κ1) is 16.3. The van der Waals surface area contributed by atoms with Crippen molar-refractivity contribution in [1.82, 2.24) is 4.31 Å². The van der Waals surface area contributed by atoms with E-state index in [1.54, 1.807) is 18.7 Å². The first-order valence-electron chi connectivity index (χ1n) is 6.73. The van der Waals surface area contributed by atoms with Crippen LogP contribution in [0.15, 0.2) is 23.1 Å². The van der Waals surface area contributed by atoms with E-state index in [2.05, 4.69) is 0 Å². The lowest BCUT2D eigenvalue weighted by atomic mass is 10.1. The molecule has 1 aromatic rings. The highest BCUT2D eigenvalue weighted by atomic mass is 32.2. The molecular formula is C14H19NO4S2. The van der Waals surface area contributed by atoms with Gasteiger partial charge in [0.15, 0.2) is 0 Å². The summed E-state index contributed by atoms with van der Waals surface area (Å²) in [6.07, 6.45) is 0. The summed E-state index contributed by atoms with van der Waals surface area (Å²) in [6, 6.07) is 4.28. The minimum atomic E-state index is -3.67. The van der Waals surface area contributed by atoms with Gasteiger partial charge in [0.05, 0.1) is 10.5 Å². The van der Waals surface area contributed by atoms with E-state index < -0.39 is 16.0 Å². The SMILES string of the molecule is Cc1c(C(=O)O)cccc1S(=O)(=O)N1CCSC(C)C1C. The zero-order chi connectivity index (χ0) is 15.8. The van der Waals surface area contributed by atoms with Gasteiger partial charge in [0.1, 0.15) is 0 Å². The highest BCUT2D eigenvalue weighted by Gasteiger charge is 2.36. The third-order valence-corrected chi connectivity index (χ3v) is 7.40. The lowest BCUT2D eigenvalue weighted by Crippen LogP contribution is -2.48. The smallest absolute Gasteiger partial charge is 0.335 e. The Balaban J connectivity index is 2.50. The molecule has 0 radical (unpaired) electrons. The summed E-state index contributed by atoms with van der Waals surface area (Å²) in [5, 5.41) is 9.37. The van der Waals surface area contributed by atoms with E-state index in [9.17, 15) is 13.2 Å². The molecule has 2 atom stereocenters. The van der Waals surface area contributed by atoms with Gasteiger partial charge in [-0.25, -0.2) is 13.2 Å².